The Kier molecular flexibility index (Phi) is 5.91. The number of benzene rings is 1. The van der Waals surface area contributed by atoms with E-state index >= 15 is 0 Å². The summed E-state index contributed by atoms with van der Waals surface area (Å²) in [6, 6.07) is 5.74. The van der Waals surface area contributed by atoms with Gasteiger partial charge in [0.15, 0.2) is 0 Å². The fraction of sp³-hybridized carbons (Fsp3) is 0.632. The molecule has 0 unspecified atom stereocenters. The SMILES string of the molecule is O=C(CCN1CCCC1)N1CCC[C@@](O)(COc2ccc(F)cc2)C1. The lowest BCUT2D eigenvalue weighted by molar-refractivity contribution is -0.140. The second-order valence-corrected chi connectivity index (χ2v) is 7.18. The predicted octanol–water partition coefficient (Wildman–Crippen LogP) is 2.04. The Labute approximate surface area is 148 Å². The number of carbonyl (C=O) groups excluding carboxylic acids is 1. The minimum Gasteiger partial charge on any atom is -0.491 e. The topological polar surface area (TPSA) is 53.0 Å². The summed E-state index contributed by atoms with van der Waals surface area (Å²) in [5, 5.41) is 10.8. The Balaban J connectivity index is 1.48. The summed E-state index contributed by atoms with van der Waals surface area (Å²) in [6.45, 7) is 4.07. The third-order valence-corrected chi connectivity index (χ3v) is 5.07. The van der Waals surface area contributed by atoms with Gasteiger partial charge >= 0.3 is 0 Å². The van der Waals surface area contributed by atoms with Gasteiger partial charge in [0.05, 0.1) is 6.54 Å². The van der Waals surface area contributed by atoms with Crippen LogP contribution < -0.4 is 4.74 Å². The maximum Gasteiger partial charge on any atom is 0.223 e. The Bertz CT molecular complexity index is 575. The maximum absolute atomic E-state index is 12.9. The Morgan fingerprint density at radius 3 is 2.60 bits per heavy atom. The second kappa shape index (κ2) is 8.15. The number of halogens is 1. The molecule has 1 aromatic rings. The summed E-state index contributed by atoms with van der Waals surface area (Å²) >= 11 is 0. The first kappa shape index (κ1) is 18.1. The van der Waals surface area contributed by atoms with Crippen LogP contribution in [0.25, 0.3) is 0 Å². The molecule has 0 aliphatic carbocycles. The zero-order valence-corrected chi connectivity index (χ0v) is 14.6. The van der Waals surface area contributed by atoms with E-state index in [0.29, 0.717) is 31.7 Å². The quantitative estimate of drug-likeness (QED) is 0.853. The van der Waals surface area contributed by atoms with E-state index in [0.717, 1.165) is 26.1 Å². The van der Waals surface area contributed by atoms with Crippen molar-refractivity contribution in [3.8, 4) is 5.75 Å². The first-order valence-electron chi connectivity index (χ1n) is 9.15. The van der Waals surface area contributed by atoms with E-state index in [2.05, 4.69) is 4.90 Å². The lowest BCUT2D eigenvalue weighted by Gasteiger charge is -2.39. The van der Waals surface area contributed by atoms with Gasteiger partial charge in [-0.15, -0.1) is 0 Å². The van der Waals surface area contributed by atoms with Crippen LogP contribution in [0.2, 0.25) is 0 Å². The molecule has 2 aliphatic heterocycles. The summed E-state index contributed by atoms with van der Waals surface area (Å²) in [6.07, 6.45) is 4.31. The van der Waals surface area contributed by atoms with Crippen molar-refractivity contribution in [3.05, 3.63) is 30.1 Å². The molecule has 25 heavy (non-hydrogen) atoms. The van der Waals surface area contributed by atoms with Gasteiger partial charge in [0.25, 0.3) is 0 Å². The number of likely N-dealkylation sites (tertiary alicyclic amines) is 2. The lowest BCUT2D eigenvalue weighted by atomic mass is 9.93. The number of rotatable bonds is 6. The van der Waals surface area contributed by atoms with E-state index in [1.165, 1.54) is 25.0 Å². The fourth-order valence-electron chi connectivity index (χ4n) is 3.61. The van der Waals surface area contributed by atoms with Crippen LogP contribution in [0, 0.1) is 5.82 Å². The first-order chi connectivity index (χ1) is 12.0. The lowest BCUT2D eigenvalue weighted by Crippen LogP contribution is -2.53. The second-order valence-electron chi connectivity index (χ2n) is 7.18. The van der Waals surface area contributed by atoms with Crippen LogP contribution in [0.15, 0.2) is 24.3 Å². The van der Waals surface area contributed by atoms with Gasteiger partial charge in [-0.25, -0.2) is 4.39 Å². The molecular formula is C19H27FN2O3. The summed E-state index contributed by atoms with van der Waals surface area (Å²) in [7, 11) is 0. The number of aliphatic hydroxyl groups is 1. The molecular weight excluding hydrogens is 323 g/mol. The van der Waals surface area contributed by atoms with Gasteiger partial charge in [-0.05, 0) is 63.0 Å². The Hall–Kier alpha value is -1.66. The van der Waals surface area contributed by atoms with Gasteiger partial charge < -0.3 is 19.6 Å². The summed E-state index contributed by atoms with van der Waals surface area (Å²) < 4.78 is 18.5. The van der Waals surface area contributed by atoms with Crippen molar-refractivity contribution in [3.63, 3.8) is 0 Å². The monoisotopic (exact) mass is 350 g/mol. The van der Waals surface area contributed by atoms with Crippen molar-refractivity contribution < 1.29 is 19.0 Å². The number of amides is 1. The van der Waals surface area contributed by atoms with Gasteiger partial charge in [-0.1, -0.05) is 0 Å². The molecule has 0 saturated carbocycles. The molecule has 3 rings (SSSR count). The predicted molar refractivity (Wildman–Crippen MR) is 92.9 cm³/mol. The van der Waals surface area contributed by atoms with Crippen molar-refractivity contribution in [2.45, 2.75) is 37.7 Å². The highest BCUT2D eigenvalue weighted by Crippen LogP contribution is 2.24. The van der Waals surface area contributed by atoms with E-state index in [4.69, 9.17) is 4.74 Å². The third kappa shape index (κ3) is 5.16. The average Bonchev–Trinajstić information content (AvgIpc) is 3.13. The molecule has 6 heteroatoms. The van der Waals surface area contributed by atoms with Gasteiger partial charge in [-0.3, -0.25) is 4.79 Å². The molecule has 0 aromatic heterocycles. The normalized spacial score (nSPS) is 24.5. The van der Waals surface area contributed by atoms with Crippen molar-refractivity contribution >= 4 is 5.91 Å². The van der Waals surface area contributed by atoms with Gasteiger partial charge in [0.1, 0.15) is 23.8 Å². The fourth-order valence-corrected chi connectivity index (χ4v) is 3.61. The number of hydrogen-bond donors (Lipinski definition) is 1. The van der Waals surface area contributed by atoms with Crippen LogP contribution in [0.4, 0.5) is 4.39 Å². The van der Waals surface area contributed by atoms with E-state index in [1.54, 1.807) is 17.0 Å². The van der Waals surface area contributed by atoms with Gasteiger partial charge in [0, 0.05) is 19.5 Å². The molecule has 0 bridgehead atoms. The number of ether oxygens (including phenoxy) is 1. The van der Waals surface area contributed by atoms with Crippen molar-refractivity contribution in [1.29, 1.82) is 0 Å². The molecule has 2 saturated heterocycles. The van der Waals surface area contributed by atoms with Crippen LogP contribution >= 0.6 is 0 Å². The molecule has 0 spiro atoms. The first-order valence-corrected chi connectivity index (χ1v) is 9.15. The molecule has 138 valence electrons. The average molecular weight is 350 g/mol. The zero-order chi connectivity index (χ0) is 17.7. The highest BCUT2D eigenvalue weighted by Gasteiger charge is 2.36. The van der Waals surface area contributed by atoms with Crippen LogP contribution in [0.3, 0.4) is 0 Å². The van der Waals surface area contributed by atoms with Crippen molar-refractivity contribution in [2.75, 3.05) is 39.3 Å². The third-order valence-electron chi connectivity index (χ3n) is 5.07. The smallest absolute Gasteiger partial charge is 0.223 e. The Morgan fingerprint density at radius 1 is 1.16 bits per heavy atom. The van der Waals surface area contributed by atoms with Crippen LogP contribution in [-0.2, 0) is 4.79 Å². The minimum atomic E-state index is -1.05. The number of piperidine rings is 1. The summed E-state index contributed by atoms with van der Waals surface area (Å²) in [5.74, 6) is 0.303. The molecule has 2 fully saturated rings. The highest BCUT2D eigenvalue weighted by molar-refractivity contribution is 5.76. The maximum atomic E-state index is 12.9. The van der Waals surface area contributed by atoms with Gasteiger partial charge in [0.2, 0.25) is 5.91 Å². The Morgan fingerprint density at radius 2 is 1.88 bits per heavy atom. The van der Waals surface area contributed by atoms with Crippen LogP contribution in [-0.4, -0.2) is 65.7 Å². The molecule has 0 radical (unpaired) electrons. The number of carbonyl (C=O) groups is 1. The van der Waals surface area contributed by atoms with E-state index in [-0.39, 0.29) is 18.3 Å². The van der Waals surface area contributed by atoms with Crippen molar-refractivity contribution in [2.24, 2.45) is 0 Å². The molecule has 1 amide bonds. The standard InChI is InChI=1S/C19H27FN2O3/c20-16-4-6-17(7-5-16)25-15-19(24)9-3-12-22(14-19)18(23)8-13-21-10-1-2-11-21/h4-7,24H,1-3,8-15H2/t19-/m0/s1. The molecule has 2 aliphatic rings. The highest BCUT2D eigenvalue weighted by atomic mass is 19.1. The molecule has 1 atom stereocenters. The molecule has 2 heterocycles. The molecule has 1 aromatic carbocycles. The van der Waals surface area contributed by atoms with E-state index in [1.807, 2.05) is 0 Å². The zero-order valence-electron chi connectivity index (χ0n) is 14.6. The number of hydrogen-bond acceptors (Lipinski definition) is 4. The molecule has 1 N–H and O–H groups in total. The number of β-amino-alcohol motifs (C(OH)–C–C–N with tert-alkyl or cyclic N) is 1. The van der Waals surface area contributed by atoms with Crippen LogP contribution in [0.5, 0.6) is 5.75 Å². The van der Waals surface area contributed by atoms with Gasteiger partial charge in [-0.2, -0.15) is 0 Å². The minimum absolute atomic E-state index is 0.104. The largest absolute Gasteiger partial charge is 0.491 e. The summed E-state index contributed by atoms with van der Waals surface area (Å²) in [5.41, 5.74) is -1.05. The van der Waals surface area contributed by atoms with Crippen LogP contribution in [0.1, 0.15) is 32.1 Å². The summed E-state index contributed by atoms with van der Waals surface area (Å²) in [4.78, 5) is 16.5. The molecule has 5 nitrogen and oxygen atoms in total. The van der Waals surface area contributed by atoms with Crippen molar-refractivity contribution in [1.82, 2.24) is 9.80 Å². The van der Waals surface area contributed by atoms with E-state index < -0.39 is 5.60 Å². The van der Waals surface area contributed by atoms with E-state index in [9.17, 15) is 14.3 Å². The number of nitrogens with zero attached hydrogens (tertiary/aromatic N) is 2.